The lowest BCUT2D eigenvalue weighted by Gasteiger charge is -2.26. The number of H-pyrrole nitrogens is 1. The Kier molecular flexibility index (Phi) is 6.80. The van der Waals surface area contributed by atoms with E-state index in [1.807, 2.05) is 13.0 Å². The Labute approximate surface area is 196 Å². The minimum atomic E-state index is -0.577. The van der Waals surface area contributed by atoms with E-state index in [9.17, 15) is 8.78 Å². The molecule has 5 rings (SSSR count). The topological polar surface area (TPSA) is 88.2 Å². The molecule has 0 radical (unpaired) electrons. The summed E-state index contributed by atoms with van der Waals surface area (Å²) < 4.78 is 40.4. The second-order valence-corrected chi connectivity index (χ2v) is 8.69. The van der Waals surface area contributed by atoms with Gasteiger partial charge in [0.15, 0.2) is 5.82 Å². The Morgan fingerprint density at radius 1 is 1.03 bits per heavy atom. The molecule has 0 saturated carbocycles. The Hall–Kier alpha value is -2.95. The number of hydrogen-bond acceptors (Lipinski definition) is 7. The fraction of sp³-hybridized carbons (Fsp3) is 0.458. The number of ether oxygens (including phenoxy) is 2. The van der Waals surface area contributed by atoms with Crippen molar-refractivity contribution < 1.29 is 18.3 Å². The molecule has 2 aliphatic rings. The molecule has 0 amide bonds. The summed E-state index contributed by atoms with van der Waals surface area (Å²) >= 11 is 0. The van der Waals surface area contributed by atoms with Crippen LogP contribution in [0.4, 0.5) is 20.4 Å². The maximum absolute atomic E-state index is 14.8. The summed E-state index contributed by atoms with van der Waals surface area (Å²) in [5.41, 5.74) is 2.51. The molecule has 1 aromatic carbocycles. The molecular weight excluding hydrogens is 442 g/mol. The largest absolute Gasteiger partial charge is 0.381 e. The van der Waals surface area contributed by atoms with Crippen molar-refractivity contribution in [2.45, 2.75) is 32.2 Å². The van der Waals surface area contributed by atoms with Crippen LogP contribution in [0.3, 0.4) is 0 Å². The number of morpholine rings is 1. The van der Waals surface area contributed by atoms with Gasteiger partial charge in [-0.3, -0.25) is 4.90 Å². The lowest BCUT2D eigenvalue weighted by molar-refractivity contribution is 0.0341. The molecule has 180 valence electrons. The van der Waals surface area contributed by atoms with Crippen LogP contribution in [-0.2, 0) is 16.0 Å². The van der Waals surface area contributed by atoms with Crippen LogP contribution < -0.4 is 5.32 Å². The van der Waals surface area contributed by atoms with Gasteiger partial charge >= 0.3 is 0 Å². The first kappa shape index (κ1) is 22.8. The van der Waals surface area contributed by atoms with Crippen LogP contribution >= 0.6 is 0 Å². The molecule has 3 aromatic rings. The minimum Gasteiger partial charge on any atom is -0.381 e. The first-order valence-corrected chi connectivity index (χ1v) is 11.6. The van der Waals surface area contributed by atoms with Crippen molar-refractivity contribution in [1.82, 2.24) is 24.8 Å². The molecule has 0 atom stereocenters. The van der Waals surface area contributed by atoms with Gasteiger partial charge in [-0.05, 0) is 37.5 Å². The van der Waals surface area contributed by atoms with Gasteiger partial charge in [0.2, 0.25) is 5.95 Å². The predicted molar refractivity (Wildman–Crippen MR) is 123 cm³/mol. The SMILES string of the molecule is Cc1nc(-c2nc(Nc3ccc(CN4CCOCC4)cc3F)ncc2F)c(C2CCOCC2)[nH]1. The summed E-state index contributed by atoms with van der Waals surface area (Å²) in [5.74, 6) is -0.0154. The first-order chi connectivity index (χ1) is 16.6. The van der Waals surface area contributed by atoms with E-state index in [4.69, 9.17) is 9.47 Å². The molecule has 8 nitrogen and oxygen atoms in total. The minimum absolute atomic E-state index is 0.0905. The second kappa shape index (κ2) is 10.1. The quantitative estimate of drug-likeness (QED) is 0.565. The zero-order valence-corrected chi connectivity index (χ0v) is 19.1. The van der Waals surface area contributed by atoms with Gasteiger partial charge in [-0.2, -0.15) is 0 Å². The molecule has 10 heteroatoms. The van der Waals surface area contributed by atoms with Crippen molar-refractivity contribution in [3.63, 3.8) is 0 Å². The highest BCUT2D eigenvalue weighted by molar-refractivity contribution is 5.63. The Morgan fingerprint density at radius 2 is 1.79 bits per heavy atom. The molecule has 2 N–H and O–H groups in total. The van der Waals surface area contributed by atoms with E-state index < -0.39 is 11.6 Å². The number of imidazole rings is 1. The van der Waals surface area contributed by atoms with Gasteiger partial charge in [-0.1, -0.05) is 6.07 Å². The molecule has 0 bridgehead atoms. The van der Waals surface area contributed by atoms with Gasteiger partial charge in [-0.15, -0.1) is 0 Å². The van der Waals surface area contributed by atoms with Gasteiger partial charge in [0.1, 0.15) is 23.0 Å². The lowest BCUT2D eigenvalue weighted by Crippen LogP contribution is -2.35. The summed E-state index contributed by atoms with van der Waals surface area (Å²) in [7, 11) is 0. The summed E-state index contributed by atoms with van der Waals surface area (Å²) in [5, 5.41) is 2.89. The Bertz CT molecular complexity index is 1140. The summed E-state index contributed by atoms with van der Waals surface area (Å²) in [6.45, 7) is 6.84. The number of aryl methyl sites for hydroxylation is 1. The number of benzene rings is 1. The smallest absolute Gasteiger partial charge is 0.228 e. The van der Waals surface area contributed by atoms with Crippen molar-refractivity contribution in [1.29, 1.82) is 0 Å². The molecule has 2 saturated heterocycles. The maximum Gasteiger partial charge on any atom is 0.228 e. The number of rotatable bonds is 6. The molecule has 2 aromatic heterocycles. The van der Waals surface area contributed by atoms with Gasteiger partial charge in [0, 0.05) is 44.5 Å². The second-order valence-electron chi connectivity index (χ2n) is 8.69. The van der Waals surface area contributed by atoms with Gasteiger partial charge in [0.25, 0.3) is 0 Å². The van der Waals surface area contributed by atoms with Gasteiger partial charge < -0.3 is 19.8 Å². The number of aromatic nitrogens is 4. The summed E-state index contributed by atoms with van der Waals surface area (Å²) in [6.07, 6.45) is 2.75. The number of hydrogen-bond donors (Lipinski definition) is 2. The molecule has 2 fully saturated rings. The van der Waals surface area contributed by atoms with E-state index in [2.05, 4.69) is 30.2 Å². The van der Waals surface area contributed by atoms with E-state index in [-0.39, 0.29) is 23.2 Å². The van der Waals surface area contributed by atoms with E-state index in [0.717, 1.165) is 43.4 Å². The highest BCUT2D eigenvalue weighted by Crippen LogP contribution is 2.34. The molecule has 0 spiro atoms. The number of anilines is 2. The van der Waals surface area contributed by atoms with Crippen LogP contribution in [0.15, 0.2) is 24.4 Å². The fourth-order valence-electron chi connectivity index (χ4n) is 4.46. The zero-order valence-electron chi connectivity index (χ0n) is 19.1. The van der Waals surface area contributed by atoms with Crippen molar-refractivity contribution in [2.24, 2.45) is 0 Å². The number of nitrogens with zero attached hydrogens (tertiary/aromatic N) is 4. The van der Waals surface area contributed by atoms with Crippen molar-refractivity contribution in [3.05, 3.63) is 53.1 Å². The summed E-state index contributed by atoms with van der Waals surface area (Å²) in [4.78, 5) is 18.4. The predicted octanol–water partition coefficient (Wildman–Crippen LogP) is 3.92. The third kappa shape index (κ3) is 5.08. The third-order valence-corrected chi connectivity index (χ3v) is 6.24. The number of aromatic amines is 1. The number of halogens is 2. The Morgan fingerprint density at radius 3 is 2.56 bits per heavy atom. The van der Waals surface area contributed by atoms with Gasteiger partial charge in [-0.25, -0.2) is 23.7 Å². The molecule has 34 heavy (non-hydrogen) atoms. The standard InChI is InChI=1S/C24H28F2N6O2/c1-15-28-21(17-4-8-33-9-5-17)23(29-15)22-19(26)13-27-24(31-22)30-20-3-2-16(12-18(20)25)14-32-6-10-34-11-7-32/h2-3,12-13,17H,4-11,14H2,1H3,(H,28,29)(H,27,30,31). The van der Waals surface area contributed by atoms with Crippen LogP contribution in [0.5, 0.6) is 0 Å². The summed E-state index contributed by atoms with van der Waals surface area (Å²) in [6, 6.07) is 5.03. The van der Waals surface area contributed by atoms with E-state index in [0.29, 0.717) is 44.5 Å². The monoisotopic (exact) mass is 470 g/mol. The molecular formula is C24H28F2N6O2. The molecule has 0 aliphatic carbocycles. The zero-order chi connectivity index (χ0) is 23.5. The average Bonchev–Trinajstić information content (AvgIpc) is 3.24. The molecule has 0 unspecified atom stereocenters. The highest BCUT2D eigenvalue weighted by atomic mass is 19.1. The van der Waals surface area contributed by atoms with E-state index in [1.54, 1.807) is 6.07 Å². The molecule has 2 aliphatic heterocycles. The van der Waals surface area contributed by atoms with Crippen molar-refractivity contribution >= 4 is 11.6 Å². The fourth-order valence-corrected chi connectivity index (χ4v) is 4.46. The normalized spacial score (nSPS) is 17.7. The lowest BCUT2D eigenvalue weighted by atomic mass is 9.94. The van der Waals surface area contributed by atoms with Crippen LogP contribution in [-0.4, -0.2) is 64.4 Å². The van der Waals surface area contributed by atoms with Crippen molar-refractivity contribution in [2.75, 3.05) is 44.8 Å². The maximum atomic E-state index is 14.8. The van der Waals surface area contributed by atoms with Crippen LogP contribution in [0.2, 0.25) is 0 Å². The Balaban J connectivity index is 1.37. The van der Waals surface area contributed by atoms with Crippen molar-refractivity contribution in [3.8, 4) is 11.4 Å². The van der Waals surface area contributed by atoms with E-state index >= 15 is 0 Å². The number of nitrogens with one attached hydrogen (secondary N) is 2. The van der Waals surface area contributed by atoms with Crippen LogP contribution in [0.25, 0.3) is 11.4 Å². The average molecular weight is 471 g/mol. The molecule has 4 heterocycles. The van der Waals surface area contributed by atoms with Crippen LogP contribution in [0, 0.1) is 18.6 Å². The third-order valence-electron chi connectivity index (χ3n) is 6.24. The van der Waals surface area contributed by atoms with Crippen LogP contribution in [0.1, 0.15) is 35.8 Å². The highest BCUT2D eigenvalue weighted by Gasteiger charge is 2.25. The first-order valence-electron chi connectivity index (χ1n) is 11.6. The van der Waals surface area contributed by atoms with Gasteiger partial charge in [0.05, 0.1) is 25.1 Å². The van der Waals surface area contributed by atoms with E-state index in [1.165, 1.54) is 6.07 Å².